The summed E-state index contributed by atoms with van der Waals surface area (Å²) in [6.07, 6.45) is -16.4. The largest absolute Gasteiger partial charge is 1.00 e. The van der Waals surface area contributed by atoms with Gasteiger partial charge in [-0.3, -0.25) is 18.9 Å². The van der Waals surface area contributed by atoms with E-state index in [1.54, 1.807) is 0 Å². The van der Waals surface area contributed by atoms with Gasteiger partial charge in [0.2, 0.25) is 0 Å². The monoisotopic (exact) mass is 698 g/mol. The van der Waals surface area contributed by atoms with Crippen molar-refractivity contribution in [1.82, 2.24) is 0 Å². The SMILES string of the molecule is CCC(=O)OC1C(OC(=O)CC)C(OP(=O)([O-])[O-])C(OP(=O)([O-])[O-])C(OP(=O)([O-])O)C1OC(=O)CC.[Na+].[Na+].[Na+].[Na+].[Na+]. The maximum atomic E-state index is 12.1. The van der Waals surface area contributed by atoms with Gasteiger partial charge in [-0.15, -0.1) is 0 Å². The molecule has 0 aromatic rings. The number of hydrogen-bond donors (Lipinski definition) is 1. The summed E-state index contributed by atoms with van der Waals surface area (Å²) >= 11 is 0. The smallest absolute Gasteiger partial charge is 0.790 e. The van der Waals surface area contributed by atoms with Crippen LogP contribution >= 0.6 is 23.5 Å². The van der Waals surface area contributed by atoms with Crippen LogP contribution in [0.1, 0.15) is 40.0 Å². The van der Waals surface area contributed by atoms with Crippen molar-refractivity contribution < 1.29 is 233 Å². The number of esters is 3. The van der Waals surface area contributed by atoms with Gasteiger partial charge in [-0.05, 0) is 0 Å². The van der Waals surface area contributed by atoms with Gasteiger partial charge in [-0.25, -0.2) is 0 Å². The zero-order valence-corrected chi connectivity index (χ0v) is 36.5. The molecule has 0 aromatic carbocycles. The molecule has 0 bridgehead atoms. The number of carbonyl (C=O) groups is 3. The molecule has 1 N–H and O–H groups in total. The number of ether oxygens (including phenoxy) is 3. The van der Waals surface area contributed by atoms with Crippen molar-refractivity contribution in [2.45, 2.75) is 76.7 Å². The van der Waals surface area contributed by atoms with E-state index in [9.17, 15) is 57.4 Å². The van der Waals surface area contributed by atoms with Gasteiger partial charge in [0.1, 0.15) is 18.3 Å². The van der Waals surface area contributed by atoms with Gasteiger partial charge in [0, 0.05) is 19.3 Å². The van der Waals surface area contributed by atoms with Crippen molar-refractivity contribution in [3.05, 3.63) is 0 Å². The fourth-order valence-electron chi connectivity index (χ4n) is 3.04. The average Bonchev–Trinajstić information content (AvgIpc) is 2.72. The predicted molar refractivity (Wildman–Crippen MR) is 100 cm³/mol. The molecule has 0 aromatic heterocycles. The first-order valence-corrected chi connectivity index (χ1v) is 14.4. The number of rotatable bonds is 12. The molecular weight excluding hydrogens is 676 g/mol. The minimum atomic E-state index is -6.24. The van der Waals surface area contributed by atoms with Crippen molar-refractivity contribution in [2.75, 3.05) is 0 Å². The first kappa shape index (κ1) is 54.2. The van der Waals surface area contributed by atoms with E-state index in [1.807, 2.05) is 0 Å². The number of hydrogen-bond acceptors (Lipinski definition) is 17. The first-order valence-electron chi connectivity index (χ1n) is 10.0. The van der Waals surface area contributed by atoms with Crippen LogP contribution in [-0.4, -0.2) is 59.4 Å². The Balaban J connectivity index is -0.000000864. The normalized spacial score (nSPS) is 25.1. The second-order valence-electron chi connectivity index (χ2n) is 7.00. The van der Waals surface area contributed by atoms with Gasteiger partial charge in [-0.2, -0.15) is 0 Å². The molecule has 0 aliphatic heterocycles. The van der Waals surface area contributed by atoms with Crippen molar-refractivity contribution in [1.29, 1.82) is 0 Å². The third-order valence-electron chi connectivity index (χ3n) is 4.37. The molecule has 1 fully saturated rings. The van der Waals surface area contributed by atoms with E-state index in [4.69, 9.17) is 14.2 Å². The van der Waals surface area contributed by atoms with Crippen LogP contribution in [-0.2, 0) is 55.9 Å². The Morgan fingerprint density at radius 1 is 0.537 bits per heavy atom. The third kappa shape index (κ3) is 20.7. The summed E-state index contributed by atoms with van der Waals surface area (Å²) in [6, 6.07) is 0. The molecule has 0 spiro atoms. The molecule has 0 radical (unpaired) electrons. The molecule has 7 atom stereocenters. The Morgan fingerprint density at radius 2 is 0.756 bits per heavy atom. The molecule has 1 rings (SSSR count). The van der Waals surface area contributed by atoms with Crippen LogP contribution in [0.4, 0.5) is 0 Å². The van der Waals surface area contributed by atoms with Gasteiger partial charge >= 0.3 is 166 Å². The second kappa shape index (κ2) is 24.0. The van der Waals surface area contributed by atoms with E-state index < -0.39 is 97.3 Å². The first-order chi connectivity index (χ1) is 16.3. The summed E-state index contributed by atoms with van der Waals surface area (Å²) in [5, 5.41) is 0. The van der Waals surface area contributed by atoms with Gasteiger partial charge in [0.25, 0.3) is 7.82 Å². The Kier molecular flexibility index (Phi) is 31.7. The second-order valence-corrected chi connectivity index (χ2v) is 10.4. The van der Waals surface area contributed by atoms with Gasteiger partial charge in [-0.1, -0.05) is 20.8 Å². The van der Waals surface area contributed by atoms with Crippen LogP contribution in [0.2, 0.25) is 0 Å². The van der Waals surface area contributed by atoms with Crippen molar-refractivity contribution in [2.24, 2.45) is 0 Å². The van der Waals surface area contributed by atoms with E-state index in [1.165, 1.54) is 20.8 Å². The minimum Gasteiger partial charge on any atom is -0.790 e. The molecule has 0 saturated heterocycles. The number of carbonyl (C=O) groups excluding carboxylic acids is 3. The molecule has 41 heavy (non-hydrogen) atoms. The molecule has 26 heteroatoms. The molecule has 7 unspecified atom stereocenters. The standard InChI is InChI=1S/C15H27O18P3.5Na/c1-4-7(16)28-10-11(29-8(17)5-2)13(31-34(19,20)21)15(33-36(25,26)27)14(32-35(22,23)24)12(10)30-9(18)6-3;;;;;/h10-15H,4-6H2,1-3H3,(H2,19,20,21)(H2,22,23,24)(H2,25,26,27);;;;;/q;5*+1/p-5. The minimum absolute atomic E-state index is 0. The summed E-state index contributed by atoms with van der Waals surface area (Å²) < 4.78 is 62.0. The Morgan fingerprint density at radius 3 is 0.976 bits per heavy atom. The van der Waals surface area contributed by atoms with Crippen molar-refractivity contribution >= 4 is 41.4 Å². The quantitative estimate of drug-likeness (QED) is 0.0856. The van der Waals surface area contributed by atoms with E-state index in [-0.39, 0.29) is 148 Å². The summed E-state index contributed by atoms with van der Waals surface area (Å²) in [5.74, 6) is -3.53. The number of phosphoric ester groups is 3. The van der Waals surface area contributed by atoms with E-state index >= 15 is 0 Å². The van der Waals surface area contributed by atoms with E-state index in [0.29, 0.717) is 0 Å². The molecular formula is C15H22Na5O18P3. The molecule has 1 saturated carbocycles. The van der Waals surface area contributed by atoms with Crippen LogP contribution in [0, 0.1) is 0 Å². The van der Waals surface area contributed by atoms with Crippen LogP contribution < -0.4 is 172 Å². The van der Waals surface area contributed by atoms with E-state index in [2.05, 4.69) is 13.6 Å². The molecule has 0 heterocycles. The maximum Gasteiger partial charge on any atom is 1.00 e. The molecule has 1 aliphatic carbocycles. The van der Waals surface area contributed by atoms with E-state index in [0.717, 1.165) is 0 Å². The summed E-state index contributed by atoms with van der Waals surface area (Å²) in [6.45, 7) is 3.73. The summed E-state index contributed by atoms with van der Waals surface area (Å²) in [7, 11) is -18.4. The topological polar surface area (TPSA) is 293 Å². The summed E-state index contributed by atoms with van der Waals surface area (Å²) in [5.41, 5.74) is 0. The zero-order valence-electron chi connectivity index (χ0n) is 23.8. The van der Waals surface area contributed by atoms with Crippen LogP contribution in [0.15, 0.2) is 0 Å². The Hall–Kier alpha value is 3.74. The van der Waals surface area contributed by atoms with Gasteiger partial charge in [0.05, 0.1) is 15.6 Å². The molecule has 210 valence electrons. The Labute approximate surface area is 345 Å². The number of phosphoric acid groups is 3. The van der Waals surface area contributed by atoms with Gasteiger partial charge in [0.15, 0.2) is 18.3 Å². The van der Waals surface area contributed by atoms with Crippen LogP contribution in [0.5, 0.6) is 0 Å². The van der Waals surface area contributed by atoms with Crippen molar-refractivity contribution in [3.8, 4) is 0 Å². The van der Waals surface area contributed by atoms with Crippen LogP contribution in [0.25, 0.3) is 0 Å². The Bertz CT molecular complexity index is 902. The molecule has 1 aliphatic rings. The predicted octanol–water partition coefficient (Wildman–Crippen LogP) is -18.7. The van der Waals surface area contributed by atoms with Crippen LogP contribution in [0.3, 0.4) is 0 Å². The van der Waals surface area contributed by atoms with Gasteiger partial charge < -0.3 is 66.3 Å². The third-order valence-corrected chi connectivity index (χ3v) is 5.88. The van der Waals surface area contributed by atoms with Crippen molar-refractivity contribution in [3.63, 3.8) is 0 Å². The fraction of sp³-hybridized carbons (Fsp3) is 0.800. The molecule has 0 amide bonds. The maximum absolute atomic E-state index is 12.1. The summed E-state index contributed by atoms with van der Waals surface area (Å²) in [4.78, 5) is 103. The molecule has 18 nitrogen and oxygen atoms in total. The fourth-order valence-corrected chi connectivity index (χ4v) is 4.66. The average molecular weight is 698 g/mol. The zero-order chi connectivity index (χ0) is 28.1.